The zero-order valence-electron chi connectivity index (χ0n) is 22.7. The maximum Gasteiger partial charge on any atom is 0.137 e. The maximum absolute atomic E-state index is 4.64. The van der Waals surface area contributed by atoms with Gasteiger partial charge in [0.2, 0.25) is 0 Å². The van der Waals surface area contributed by atoms with Crippen LogP contribution in [0.1, 0.15) is 39.4 Å². The summed E-state index contributed by atoms with van der Waals surface area (Å²) >= 11 is 0. The van der Waals surface area contributed by atoms with E-state index >= 15 is 0 Å². The molecule has 0 spiro atoms. The van der Waals surface area contributed by atoms with Gasteiger partial charge in [0.25, 0.3) is 0 Å². The van der Waals surface area contributed by atoms with Gasteiger partial charge in [0.05, 0.1) is 5.52 Å². The first-order valence-electron chi connectivity index (χ1n) is 12.9. The lowest BCUT2D eigenvalue weighted by Gasteiger charge is -2.26. The van der Waals surface area contributed by atoms with Gasteiger partial charge in [0, 0.05) is 59.7 Å². The van der Waals surface area contributed by atoms with Crippen LogP contribution in [0.15, 0.2) is 73.5 Å². The monoisotopic (exact) mass is 496 g/mol. The van der Waals surface area contributed by atoms with Crippen molar-refractivity contribution >= 4 is 27.5 Å². The van der Waals surface area contributed by atoms with E-state index in [2.05, 4.69) is 81.6 Å². The highest BCUT2D eigenvalue weighted by atomic mass is 15.1. The van der Waals surface area contributed by atoms with Crippen LogP contribution in [0.2, 0.25) is 0 Å². The Morgan fingerprint density at radius 3 is 2.57 bits per heavy atom. The molecule has 0 saturated carbocycles. The van der Waals surface area contributed by atoms with E-state index in [1.165, 1.54) is 25.9 Å². The van der Waals surface area contributed by atoms with E-state index in [1.807, 2.05) is 39.4 Å². The van der Waals surface area contributed by atoms with Crippen molar-refractivity contribution in [3.8, 4) is 11.1 Å². The smallest absolute Gasteiger partial charge is 0.137 e. The van der Waals surface area contributed by atoms with Gasteiger partial charge in [0.1, 0.15) is 12.0 Å². The third-order valence-corrected chi connectivity index (χ3v) is 7.24. The minimum atomic E-state index is 0. The molecule has 6 heteroatoms. The van der Waals surface area contributed by atoms with Crippen LogP contribution in [0.4, 0.5) is 0 Å². The van der Waals surface area contributed by atoms with Gasteiger partial charge in [-0.15, -0.1) is 6.58 Å². The van der Waals surface area contributed by atoms with E-state index in [4.69, 9.17) is 0 Å². The fraction of sp³-hybridized carbons (Fsp3) is 0.323. The molecule has 1 aromatic carbocycles. The minimum Gasteiger partial charge on any atom is -0.391 e. The van der Waals surface area contributed by atoms with Crippen molar-refractivity contribution in [2.75, 3.05) is 27.2 Å². The average Bonchev–Trinajstić information content (AvgIpc) is 3.33. The Morgan fingerprint density at radius 2 is 1.89 bits per heavy atom. The van der Waals surface area contributed by atoms with Crippen LogP contribution < -0.4 is 5.32 Å². The number of hydrogen-bond acceptors (Lipinski definition) is 5. The Hall–Kier alpha value is -3.77. The normalized spacial score (nSPS) is 15.2. The summed E-state index contributed by atoms with van der Waals surface area (Å²) in [5.74, 6) is 0.793. The SMILES string of the molecule is C=C(C)/C(=C(/C)NC)c1cnc2[nH]cc(-c3ccc4ncnc(C)c4c3)c2c1.C=CC1CCN(C)CC1.[HH]. The number of likely N-dealkylation sites (tertiary alicyclic amines) is 1. The first-order valence-corrected chi connectivity index (χ1v) is 12.9. The molecule has 3 aromatic heterocycles. The molecule has 0 unspecified atom stereocenters. The van der Waals surface area contributed by atoms with Crippen molar-refractivity contribution in [1.82, 2.24) is 30.2 Å². The summed E-state index contributed by atoms with van der Waals surface area (Å²) in [4.78, 5) is 19.0. The van der Waals surface area contributed by atoms with Crippen molar-refractivity contribution in [3.05, 3.63) is 84.7 Å². The Morgan fingerprint density at radius 1 is 1.14 bits per heavy atom. The van der Waals surface area contributed by atoms with Crippen LogP contribution in [-0.2, 0) is 0 Å². The van der Waals surface area contributed by atoms with E-state index in [-0.39, 0.29) is 1.43 Å². The second-order valence-electron chi connectivity index (χ2n) is 9.92. The minimum absolute atomic E-state index is 0. The topological polar surface area (TPSA) is 69.7 Å². The standard InChI is InChI=1S/C23H23N5.C8H15N.H2/c1-13(2)22(15(4)24-5)17-9-19-20(11-26-23(19)25-10-17)16-6-7-21-18(8-16)14(3)27-12-28-21;1-3-8-4-6-9(2)7-5-8;/h6-12,24H,1H2,2-5H3,(H,25,26);3,8H,1,4-7H2,2H3;1H/b22-15+;;. The summed E-state index contributed by atoms with van der Waals surface area (Å²) < 4.78 is 0. The fourth-order valence-electron chi connectivity index (χ4n) is 4.90. The number of H-pyrrole nitrogens is 1. The van der Waals surface area contributed by atoms with Gasteiger partial charge in [-0.1, -0.05) is 18.7 Å². The number of nitrogens with one attached hydrogen (secondary N) is 2. The molecule has 37 heavy (non-hydrogen) atoms. The van der Waals surface area contributed by atoms with Crippen LogP contribution in [0.5, 0.6) is 0 Å². The second kappa shape index (κ2) is 11.5. The highest BCUT2D eigenvalue weighted by molar-refractivity contribution is 5.98. The van der Waals surface area contributed by atoms with E-state index in [9.17, 15) is 0 Å². The number of benzene rings is 1. The van der Waals surface area contributed by atoms with Crippen molar-refractivity contribution in [2.24, 2.45) is 5.92 Å². The van der Waals surface area contributed by atoms with Gasteiger partial charge in [-0.3, -0.25) is 0 Å². The number of rotatable bonds is 5. The van der Waals surface area contributed by atoms with Crippen LogP contribution in [0.25, 0.3) is 38.6 Å². The molecule has 4 heterocycles. The molecule has 1 fully saturated rings. The third kappa shape index (κ3) is 5.81. The van der Waals surface area contributed by atoms with Crippen molar-refractivity contribution < 1.29 is 1.43 Å². The van der Waals surface area contributed by atoms with E-state index < -0.39 is 0 Å². The van der Waals surface area contributed by atoms with Crippen molar-refractivity contribution in [1.29, 1.82) is 0 Å². The molecule has 0 radical (unpaired) electrons. The molecule has 194 valence electrons. The molecule has 1 saturated heterocycles. The van der Waals surface area contributed by atoms with Crippen LogP contribution >= 0.6 is 0 Å². The number of aromatic amines is 1. The summed E-state index contributed by atoms with van der Waals surface area (Å²) in [6.45, 7) is 16.5. The van der Waals surface area contributed by atoms with Crippen LogP contribution in [-0.4, -0.2) is 52.0 Å². The van der Waals surface area contributed by atoms with E-state index in [1.54, 1.807) is 6.33 Å². The fourth-order valence-corrected chi connectivity index (χ4v) is 4.90. The molecule has 0 atom stereocenters. The molecular weight excluding hydrogens is 456 g/mol. The highest BCUT2D eigenvalue weighted by Gasteiger charge is 2.14. The summed E-state index contributed by atoms with van der Waals surface area (Å²) in [7, 11) is 4.10. The second-order valence-corrected chi connectivity index (χ2v) is 9.92. The van der Waals surface area contributed by atoms with Gasteiger partial charge >= 0.3 is 0 Å². The lowest BCUT2D eigenvalue weighted by atomic mass is 9.97. The predicted molar refractivity (Wildman–Crippen MR) is 158 cm³/mol. The van der Waals surface area contributed by atoms with Crippen LogP contribution in [0, 0.1) is 12.8 Å². The van der Waals surface area contributed by atoms with Crippen molar-refractivity contribution in [3.63, 3.8) is 0 Å². The quantitative estimate of drug-likeness (QED) is 0.236. The number of aromatic nitrogens is 4. The third-order valence-electron chi connectivity index (χ3n) is 7.24. The molecule has 6 nitrogen and oxygen atoms in total. The Balaban J connectivity index is 0.000000341. The molecule has 1 aliphatic rings. The molecule has 2 N–H and O–H groups in total. The van der Waals surface area contributed by atoms with Gasteiger partial charge in [-0.05, 0) is 89.0 Å². The van der Waals surface area contributed by atoms with Gasteiger partial charge in [-0.25, -0.2) is 15.0 Å². The Labute approximate surface area is 221 Å². The highest BCUT2D eigenvalue weighted by Crippen LogP contribution is 2.33. The first-order chi connectivity index (χ1) is 17.8. The van der Waals surface area contributed by atoms with Gasteiger partial charge in [0.15, 0.2) is 0 Å². The first kappa shape index (κ1) is 26.3. The number of hydrogen-bond donors (Lipinski definition) is 2. The number of fused-ring (bicyclic) bond motifs is 2. The van der Waals surface area contributed by atoms with Gasteiger partial charge in [-0.2, -0.15) is 0 Å². The number of aryl methyl sites for hydroxylation is 1. The molecule has 0 aliphatic carbocycles. The maximum atomic E-state index is 4.64. The van der Waals surface area contributed by atoms with E-state index in [0.29, 0.717) is 0 Å². The summed E-state index contributed by atoms with van der Waals surface area (Å²) in [5, 5.41) is 5.37. The zero-order valence-corrected chi connectivity index (χ0v) is 22.7. The number of nitrogens with zero attached hydrogens (tertiary/aromatic N) is 4. The number of allylic oxidation sites excluding steroid dienone is 4. The molecule has 1 aliphatic heterocycles. The number of pyridine rings is 1. The molecule has 4 aromatic rings. The summed E-state index contributed by atoms with van der Waals surface area (Å²) in [6.07, 6.45) is 10.2. The molecule has 0 amide bonds. The molecular formula is C31H40N6. The largest absolute Gasteiger partial charge is 0.391 e. The predicted octanol–water partition coefficient (Wildman–Crippen LogP) is 6.77. The van der Waals surface area contributed by atoms with Crippen molar-refractivity contribution in [2.45, 2.75) is 33.6 Å². The van der Waals surface area contributed by atoms with Gasteiger partial charge < -0.3 is 15.2 Å². The lowest BCUT2D eigenvalue weighted by molar-refractivity contribution is 0.244. The van der Waals surface area contributed by atoms with E-state index in [0.717, 1.165) is 67.1 Å². The number of piperidine rings is 1. The average molecular weight is 497 g/mol. The summed E-state index contributed by atoms with van der Waals surface area (Å²) in [5.41, 5.74) is 9.23. The van der Waals surface area contributed by atoms with Crippen LogP contribution in [0.3, 0.4) is 0 Å². The molecule has 5 rings (SSSR count). The summed E-state index contributed by atoms with van der Waals surface area (Å²) in [6, 6.07) is 8.46. The Bertz CT molecular complexity index is 1460. The zero-order chi connectivity index (χ0) is 26.5. The molecule has 0 bridgehead atoms. The Kier molecular flexibility index (Phi) is 8.19. The lowest BCUT2D eigenvalue weighted by Crippen LogP contribution is -2.29.